The van der Waals surface area contributed by atoms with Crippen molar-refractivity contribution < 1.29 is 15.0 Å². The highest BCUT2D eigenvalue weighted by Crippen LogP contribution is 2.22. The molecule has 1 amide bonds. The number of aliphatic hydroxyl groups is 1. The first-order chi connectivity index (χ1) is 7.95. The number of hydrogen-bond donors (Lipinski definition) is 3. The molecule has 0 aliphatic rings. The van der Waals surface area contributed by atoms with Crippen molar-refractivity contribution in [1.29, 1.82) is 0 Å². The number of benzene rings is 1. The summed E-state index contributed by atoms with van der Waals surface area (Å²) in [5.74, 6) is -0.346. The lowest BCUT2D eigenvalue weighted by Crippen LogP contribution is -2.41. The van der Waals surface area contributed by atoms with Crippen molar-refractivity contribution in [3.63, 3.8) is 0 Å². The molecule has 5 heteroatoms. The van der Waals surface area contributed by atoms with Crippen molar-refractivity contribution in [1.82, 2.24) is 5.32 Å². The average Bonchev–Trinajstić information content (AvgIpc) is 2.24. The first-order valence-electron chi connectivity index (χ1n) is 5.36. The molecule has 3 N–H and O–H groups in total. The number of aliphatic hydroxyl groups excluding tert-OH is 1. The molecular weight excluding hydrogens is 286 g/mol. The van der Waals surface area contributed by atoms with Gasteiger partial charge in [0.05, 0.1) is 18.2 Å². The van der Waals surface area contributed by atoms with Gasteiger partial charge in [-0.1, -0.05) is 29.8 Å². The summed E-state index contributed by atoms with van der Waals surface area (Å²) in [5.41, 5.74) is 0.201. The Morgan fingerprint density at radius 1 is 1.47 bits per heavy atom. The predicted octanol–water partition coefficient (Wildman–Crippen LogP) is 1.90. The third kappa shape index (κ3) is 3.71. The van der Waals surface area contributed by atoms with E-state index in [2.05, 4.69) is 21.2 Å². The van der Waals surface area contributed by atoms with Gasteiger partial charge in [-0.15, -0.1) is 0 Å². The van der Waals surface area contributed by atoms with Crippen LogP contribution in [0.25, 0.3) is 0 Å². The topological polar surface area (TPSA) is 69.6 Å². The predicted molar refractivity (Wildman–Crippen MR) is 69.0 cm³/mol. The Morgan fingerprint density at radius 2 is 2.12 bits per heavy atom. The number of hydrogen-bond acceptors (Lipinski definition) is 3. The number of carbonyl (C=O) groups is 1. The first-order valence-corrected chi connectivity index (χ1v) is 6.15. The quantitative estimate of drug-likeness (QED) is 0.795. The zero-order chi connectivity index (χ0) is 13.0. The minimum Gasteiger partial charge on any atom is -0.507 e. The van der Waals surface area contributed by atoms with Crippen molar-refractivity contribution in [2.24, 2.45) is 5.92 Å². The standard InChI is InChI=1S/C12H16BrNO3/c1-7(2)10(6-15)14-12(17)9-4-3-8(13)5-11(9)16/h3-5,7,10,15-16H,6H2,1-2H3,(H,14,17)/t10-/m1/s1. The van der Waals surface area contributed by atoms with Crippen LogP contribution in [0.5, 0.6) is 5.75 Å². The van der Waals surface area contributed by atoms with Crippen LogP contribution in [0.15, 0.2) is 22.7 Å². The summed E-state index contributed by atoms with van der Waals surface area (Å²) < 4.78 is 0.703. The molecule has 0 radical (unpaired) electrons. The van der Waals surface area contributed by atoms with Crippen LogP contribution in [0.4, 0.5) is 0 Å². The van der Waals surface area contributed by atoms with E-state index >= 15 is 0 Å². The number of aromatic hydroxyl groups is 1. The minimum absolute atomic E-state index is 0.0858. The molecule has 0 bridgehead atoms. The van der Waals surface area contributed by atoms with Crippen LogP contribution in [0.3, 0.4) is 0 Å². The van der Waals surface area contributed by atoms with Crippen molar-refractivity contribution in [3.05, 3.63) is 28.2 Å². The number of phenols is 1. The number of amides is 1. The molecule has 0 saturated carbocycles. The zero-order valence-electron chi connectivity index (χ0n) is 9.77. The third-order valence-corrected chi connectivity index (χ3v) is 3.02. The van der Waals surface area contributed by atoms with Gasteiger partial charge in [-0.05, 0) is 24.1 Å². The average molecular weight is 302 g/mol. The van der Waals surface area contributed by atoms with Crippen LogP contribution in [-0.2, 0) is 0 Å². The molecule has 0 aliphatic carbocycles. The maximum absolute atomic E-state index is 11.9. The van der Waals surface area contributed by atoms with Crippen molar-refractivity contribution in [3.8, 4) is 5.75 Å². The van der Waals surface area contributed by atoms with E-state index in [0.29, 0.717) is 4.47 Å². The van der Waals surface area contributed by atoms with Gasteiger partial charge in [0, 0.05) is 4.47 Å². The van der Waals surface area contributed by atoms with E-state index in [9.17, 15) is 9.90 Å². The maximum atomic E-state index is 11.9. The Kier molecular flexibility index (Phi) is 4.96. The van der Waals surface area contributed by atoms with E-state index in [4.69, 9.17) is 5.11 Å². The Labute approximate surface area is 109 Å². The monoisotopic (exact) mass is 301 g/mol. The molecule has 0 saturated heterocycles. The molecule has 1 atom stereocenters. The number of carbonyl (C=O) groups excluding carboxylic acids is 1. The molecule has 0 heterocycles. The summed E-state index contributed by atoms with van der Waals surface area (Å²) in [5, 5.41) is 21.4. The minimum atomic E-state index is -0.386. The third-order valence-electron chi connectivity index (χ3n) is 2.52. The molecule has 1 aromatic carbocycles. The van der Waals surface area contributed by atoms with E-state index in [1.54, 1.807) is 6.07 Å². The molecule has 17 heavy (non-hydrogen) atoms. The highest BCUT2D eigenvalue weighted by Gasteiger charge is 2.18. The normalized spacial score (nSPS) is 12.5. The van der Waals surface area contributed by atoms with E-state index < -0.39 is 0 Å². The molecule has 0 fully saturated rings. The van der Waals surface area contributed by atoms with Gasteiger partial charge in [-0.2, -0.15) is 0 Å². The van der Waals surface area contributed by atoms with E-state index in [0.717, 1.165) is 0 Å². The second-order valence-corrected chi connectivity index (χ2v) is 5.08. The summed E-state index contributed by atoms with van der Waals surface area (Å²) in [7, 11) is 0. The zero-order valence-corrected chi connectivity index (χ0v) is 11.4. The maximum Gasteiger partial charge on any atom is 0.255 e. The van der Waals surface area contributed by atoms with Gasteiger partial charge >= 0.3 is 0 Å². The van der Waals surface area contributed by atoms with Gasteiger partial charge in [-0.3, -0.25) is 4.79 Å². The number of phenolic OH excluding ortho intramolecular Hbond substituents is 1. The summed E-state index contributed by atoms with van der Waals surface area (Å²) in [6.45, 7) is 3.69. The SMILES string of the molecule is CC(C)[C@@H](CO)NC(=O)c1ccc(Br)cc1O. The molecule has 0 spiro atoms. The van der Waals surface area contributed by atoms with Gasteiger partial charge in [0.1, 0.15) is 5.75 Å². The van der Waals surface area contributed by atoms with Gasteiger partial charge < -0.3 is 15.5 Å². The largest absolute Gasteiger partial charge is 0.507 e. The highest BCUT2D eigenvalue weighted by molar-refractivity contribution is 9.10. The lowest BCUT2D eigenvalue weighted by molar-refractivity contribution is 0.0894. The first kappa shape index (κ1) is 14.0. The van der Waals surface area contributed by atoms with Crippen LogP contribution in [0.2, 0.25) is 0 Å². The van der Waals surface area contributed by atoms with E-state index in [1.807, 2.05) is 13.8 Å². The van der Waals surface area contributed by atoms with Crippen molar-refractivity contribution in [2.75, 3.05) is 6.61 Å². The summed E-state index contributed by atoms with van der Waals surface area (Å²) in [6, 6.07) is 4.35. The Bertz CT molecular complexity index is 407. The van der Waals surface area contributed by atoms with Gasteiger partial charge in [-0.25, -0.2) is 0 Å². The van der Waals surface area contributed by atoms with E-state index in [1.165, 1.54) is 12.1 Å². The van der Waals surface area contributed by atoms with Crippen LogP contribution in [-0.4, -0.2) is 28.8 Å². The highest BCUT2D eigenvalue weighted by atomic mass is 79.9. The van der Waals surface area contributed by atoms with Gasteiger partial charge in [0.25, 0.3) is 5.91 Å². The summed E-state index contributed by atoms with van der Waals surface area (Å²) >= 11 is 3.20. The molecular formula is C12H16BrNO3. The molecule has 1 aromatic rings. The van der Waals surface area contributed by atoms with Gasteiger partial charge in [0.15, 0.2) is 0 Å². The van der Waals surface area contributed by atoms with Crippen LogP contribution in [0.1, 0.15) is 24.2 Å². The number of halogens is 1. The molecule has 1 rings (SSSR count). The number of nitrogens with one attached hydrogen (secondary N) is 1. The second kappa shape index (κ2) is 6.02. The lowest BCUT2D eigenvalue weighted by Gasteiger charge is -2.20. The smallest absolute Gasteiger partial charge is 0.255 e. The fourth-order valence-corrected chi connectivity index (χ4v) is 1.72. The summed E-state index contributed by atoms with van der Waals surface area (Å²) in [4.78, 5) is 11.9. The molecule has 0 aliphatic heterocycles. The molecule has 0 unspecified atom stereocenters. The Morgan fingerprint density at radius 3 is 2.59 bits per heavy atom. The summed E-state index contributed by atoms with van der Waals surface area (Å²) in [6.07, 6.45) is 0. The Hall–Kier alpha value is -1.07. The van der Waals surface area contributed by atoms with Gasteiger partial charge in [0.2, 0.25) is 0 Å². The van der Waals surface area contributed by atoms with Crippen molar-refractivity contribution >= 4 is 21.8 Å². The Balaban J connectivity index is 2.82. The molecule has 0 aromatic heterocycles. The molecule has 4 nitrogen and oxygen atoms in total. The lowest BCUT2D eigenvalue weighted by atomic mass is 10.0. The van der Waals surface area contributed by atoms with Crippen LogP contribution in [0, 0.1) is 5.92 Å². The second-order valence-electron chi connectivity index (χ2n) is 4.17. The molecule has 94 valence electrons. The van der Waals surface area contributed by atoms with E-state index in [-0.39, 0.29) is 35.8 Å². The van der Waals surface area contributed by atoms with Crippen molar-refractivity contribution in [2.45, 2.75) is 19.9 Å². The fraction of sp³-hybridized carbons (Fsp3) is 0.417. The number of rotatable bonds is 4. The fourth-order valence-electron chi connectivity index (χ4n) is 1.37. The van der Waals surface area contributed by atoms with Crippen LogP contribution >= 0.6 is 15.9 Å². The van der Waals surface area contributed by atoms with Crippen LogP contribution < -0.4 is 5.32 Å².